The van der Waals surface area contributed by atoms with E-state index in [0.29, 0.717) is 0 Å². The second kappa shape index (κ2) is 7.14. The molecule has 1 amide bonds. The molecule has 0 aliphatic heterocycles. The second-order valence-corrected chi connectivity index (χ2v) is 5.06. The van der Waals surface area contributed by atoms with Gasteiger partial charge in [-0.25, -0.2) is 4.79 Å². The van der Waals surface area contributed by atoms with Gasteiger partial charge in [-0.3, -0.25) is 0 Å². The molecule has 0 radical (unpaired) electrons. The first-order valence-electron chi connectivity index (χ1n) is 6.62. The third kappa shape index (κ3) is 4.24. The fourth-order valence-corrected chi connectivity index (χ4v) is 2.08. The molecule has 0 spiro atoms. The average Bonchev–Trinajstić information content (AvgIpc) is 2.36. The predicted molar refractivity (Wildman–Crippen MR) is 74.9 cm³/mol. The van der Waals surface area contributed by atoms with Crippen LogP contribution in [0.3, 0.4) is 0 Å². The van der Waals surface area contributed by atoms with E-state index in [2.05, 4.69) is 0 Å². The van der Waals surface area contributed by atoms with Gasteiger partial charge in [0.2, 0.25) is 0 Å². The molecule has 0 bridgehead atoms. The molecular formula is C15H23NO3. The number of amides is 1. The van der Waals surface area contributed by atoms with E-state index in [4.69, 9.17) is 4.74 Å². The molecule has 0 fully saturated rings. The van der Waals surface area contributed by atoms with Crippen molar-refractivity contribution in [3.63, 3.8) is 0 Å². The van der Waals surface area contributed by atoms with Crippen LogP contribution in [-0.4, -0.2) is 34.8 Å². The number of carbonyl (C=O) groups is 1. The van der Waals surface area contributed by atoms with Gasteiger partial charge in [0.1, 0.15) is 0 Å². The molecular weight excluding hydrogens is 242 g/mol. The number of aliphatic hydroxyl groups is 1. The van der Waals surface area contributed by atoms with Gasteiger partial charge in [0.15, 0.2) is 6.10 Å². The lowest BCUT2D eigenvalue weighted by Crippen LogP contribution is -2.43. The van der Waals surface area contributed by atoms with Crippen LogP contribution in [0.25, 0.3) is 0 Å². The van der Waals surface area contributed by atoms with Crippen molar-refractivity contribution in [2.45, 2.75) is 45.9 Å². The Bertz CT molecular complexity index is 382. The van der Waals surface area contributed by atoms with Gasteiger partial charge in [-0.1, -0.05) is 30.3 Å². The number of carbonyl (C=O) groups excluding carboxylic acids is 1. The van der Waals surface area contributed by atoms with Gasteiger partial charge in [0.05, 0.1) is 6.61 Å². The third-order valence-electron chi connectivity index (χ3n) is 2.90. The Morgan fingerprint density at radius 3 is 2.11 bits per heavy atom. The van der Waals surface area contributed by atoms with Gasteiger partial charge in [0.25, 0.3) is 0 Å². The van der Waals surface area contributed by atoms with Crippen molar-refractivity contribution in [2.24, 2.45) is 0 Å². The largest absolute Gasteiger partial charge is 0.439 e. The molecule has 0 saturated heterocycles. The maximum Gasteiger partial charge on any atom is 0.410 e. The number of benzene rings is 1. The quantitative estimate of drug-likeness (QED) is 0.890. The summed E-state index contributed by atoms with van der Waals surface area (Å²) in [4.78, 5) is 13.8. The van der Waals surface area contributed by atoms with Crippen LogP contribution in [0.15, 0.2) is 30.3 Å². The molecule has 1 rings (SSSR count). The summed E-state index contributed by atoms with van der Waals surface area (Å²) in [5.41, 5.74) is 0.797. The van der Waals surface area contributed by atoms with Crippen LogP contribution in [0, 0.1) is 0 Å². The highest BCUT2D eigenvalue weighted by molar-refractivity contribution is 5.68. The van der Waals surface area contributed by atoms with E-state index in [0.717, 1.165) is 5.56 Å². The Balaban J connectivity index is 2.78. The molecule has 0 heterocycles. The van der Waals surface area contributed by atoms with Crippen LogP contribution in [0.2, 0.25) is 0 Å². The monoisotopic (exact) mass is 265 g/mol. The molecule has 1 atom stereocenters. The van der Waals surface area contributed by atoms with Crippen molar-refractivity contribution in [3.8, 4) is 0 Å². The van der Waals surface area contributed by atoms with Crippen molar-refractivity contribution < 1.29 is 14.6 Å². The normalized spacial score (nSPS) is 12.6. The molecule has 1 N–H and O–H groups in total. The Kier molecular flexibility index (Phi) is 5.83. The first kappa shape index (κ1) is 15.5. The van der Waals surface area contributed by atoms with E-state index in [9.17, 15) is 9.90 Å². The van der Waals surface area contributed by atoms with Crippen LogP contribution < -0.4 is 0 Å². The van der Waals surface area contributed by atoms with Gasteiger partial charge >= 0.3 is 6.09 Å². The zero-order valence-electron chi connectivity index (χ0n) is 12.0. The predicted octanol–water partition coefficient (Wildman–Crippen LogP) is 2.98. The highest BCUT2D eigenvalue weighted by Crippen LogP contribution is 2.19. The summed E-state index contributed by atoms with van der Waals surface area (Å²) in [6.45, 7) is 7.55. The maximum atomic E-state index is 12.2. The lowest BCUT2D eigenvalue weighted by Gasteiger charge is -2.31. The molecule has 0 saturated carbocycles. The number of ether oxygens (including phenoxy) is 1. The van der Waals surface area contributed by atoms with E-state index in [-0.39, 0.29) is 18.7 Å². The summed E-state index contributed by atoms with van der Waals surface area (Å²) in [6, 6.07) is 9.38. The lowest BCUT2D eigenvalue weighted by atomic mass is 10.1. The zero-order chi connectivity index (χ0) is 14.4. The summed E-state index contributed by atoms with van der Waals surface area (Å²) in [5, 5.41) is 9.39. The minimum Gasteiger partial charge on any atom is -0.439 e. The van der Waals surface area contributed by atoms with Gasteiger partial charge in [-0.2, -0.15) is 0 Å². The van der Waals surface area contributed by atoms with Crippen LogP contribution in [0.1, 0.15) is 39.4 Å². The van der Waals surface area contributed by atoms with E-state index in [1.807, 2.05) is 58.0 Å². The summed E-state index contributed by atoms with van der Waals surface area (Å²) in [7, 11) is 0. The molecule has 0 aliphatic rings. The molecule has 0 aliphatic carbocycles. The second-order valence-electron chi connectivity index (χ2n) is 5.06. The Labute approximate surface area is 115 Å². The topological polar surface area (TPSA) is 49.8 Å². The number of aliphatic hydroxyl groups excluding tert-OH is 1. The smallest absolute Gasteiger partial charge is 0.410 e. The zero-order valence-corrected chi connectivity index (χ0v) is 12.0. The summed E-state index contributed by atoms with van der Waals surface area (Å²) < 4.78 is 5.41. The molecule has 106 valence electrons. The van der Waals surface area contributed by atoms with Crippen molar-refractivity contribution in [1.82, 2.24) is 4.90 Å². The van der Waals surface area contributed by atoms with Gasteiger partial charge in [-0.15, -0.1) is 0 Å². The third-order valence-corrected chi connectivity index (χ3v) is 2.90. The highest BCUT2D eigenvalue weighted by Gasteiger charge is 2.25. The minimum absolute atomic E-state index is 0.0580. The first-order valence-corrected chi connectivity index (χ1v) is 6.62. The van der Waals surface area contributed by atoms with Crippen LogP contribution >= 0.6 is 0 Å². The number of hydrogen-bond acceptors (Lipinski definition) is 3. The van der Waals surface area contributed by atoms with Crippen LogP contribution in [0.5, 0.6) is 0 Å². The summed E-state index contributed by atoms with van der Waals surface area (Å²) in [5.74, 6) is 0. The summed E-state index contributed by atoms with van der Waals surface area (Å²) >= 11 is 0. The Morgan fingerprint density at radius 1 is 1.16 bits per heavy atom. The molecule has 4 heteroatoms. The van der Waals surface area contributed by atoms with Crippen LogP contribution in [0.4, 0.5) is 4.79 Å². The van der Waals surface area contributed by atoms with E-state index >= 15 is 0 Å². The van der Waals surface area contributed by atoms with Gasteiger partial charge < -0.3 is 14.7 Å². The van der Waals surface area contributed by atoms with Crippen molar-refractivity contribution in [1.29, 1.82) is 0 Å². The van der Waals surface area contributed by atoms with Crippen molar-refractivity contribution in [2.75, 3.05) is 6.61 Å². The number of nitrogens with zero attached hydrogens (tertiary/aromatic N) is 1. The maximum absolute atomic E-state index is 12.2. The van der Waals surface area contributed by atoms with Gasteiger partial charge in [-0.05, 0) is 33.3 Å². The molecule has 1 unspecified atom stereocenters. The SMILES string of the molecule is CC(C)N(C(=O)OC(CO)c1ccccc1)C(C)C. The van der Waals surface area contributed by atoms with E-state index in [1.165, 1.54) is 0 Å². The number of hydrogen-bond donors (Lipinski definition) is 1. The van der Waals surface area contributed by atoms with Gasteiger partial charge in [0, 0.05) is 12.1 Å². The minimum atomic E-state index is -0.617. The highest BCUT2D eigenvalue weighted by atomic mass is 16.6. The fourth-order valence-electron chi connectivity index (χ4n) is 2.08. The number of rotatable bonds is 5. The Hall–Kier alpha value is -1.55. The van der Waals surface area contributed by atoms with Crippen molar-refractivity contribution >= 4 is 6.09 Å². The summed E-state index contributed by atoms with van der Waals surface area (Å²) in [6.07, 6.45) is -1.01. The van der Waals surface area contributed by atoms with E-state index in [1.54, 1.807) is 4.90 Å². The van der Waals surface area contributed by atoms with Crippen LogP contribution in [-0.2, 0) is 4.74 Å². The fraction of sp³-hybridized carbons (Fsp3) is 0.533. The van der Waals surface area contributed by atoms with Crippen molar-refractivity contribution in [3.05, 3.63) is 35.9 Å². The lowest BCUT2D eigenvalue weighted by molar-refractivity contribution is 0.0201. The molecule has 0 aromatic heterocycles. The molecule has 1 aromatic carbocycles. The average molecular weight is 265 g/mol. The first-order chi connectivity index (χ1) is 8.97. The standard InChI is InChI=1S/C15H23NO3/c1-11(2)16(12(3)4)15(18)19-14(10-17)13-8-6-5-7-9-13/h5-9,11-12,14,17H,10H2,1-4H3. The molecule has 19 heavy (non-hydrogen) atoms. The Morgan fingerprint density at radius 2 is 1.68 bits per heavy atom. The molecule has 1 aromatic rings. The van der Waals surface area contributed by atoms with E-state index < -0.39 is 12.2 Å². The molecule has 4 nitrogen and oxygen atoms in total.